The maximum atomic E-state index is 4.60. The van der Waals surface area contributed by atoms with E-state index < -0.39 is 0 Å². The van der Waals surface area contributed by atoms with Gasteiger partial charge in [0.25, 0.3) is 0 Å². The standard InChI is InChI=1S/C17H32N4/c1-6-15-11-18-17(7-2,8-3)13-20(15)12-16-10-14(5)19-21(16)9-4/h10,15,18H,6-9,11-13H2,1-5H3. The zero-order valence-corrected chi connectivity index (χ0v) is 14.4. The summed E-state index contributed by atoms with van der Waals surface area (Å²) >= 11 is 0. The smallest absolute Gasteiger partial charge is 0.0597 e. The van der Waals surface area contributed by atoms with Crippen molar-refractivity contribution in [1.29, 1.82) is 0 Å². The quantitative estimate of drug-likeness (QED) is 0.875. The Bertz CT molecular complexity index is 448. The van der Waals surface area contributed by atoms with Crippen molar-refractivity contribution >= 4 is 0 Å². The molecule has 1 atom stereocenters. The maximum Gasteiger partial charge on any atom is 0.0597 e. The first-order chi connectivity index (χ1) is 10.1. The van der Waals surface area contributed by atoms with Crippen LogP contribution in [0.2, 0.25) is 0 Å². The van der Waals surface area contributed by atoms with Crippen LogP contribution in [0, 0.1) is 6.92 Å². The Labute approximate surface area is 129 Å². The van der Waals surface area contributed by atoms with E-state index in [4.69, 9.17) is 0 Å². The number of nitrogens with one attached hydrogen (secondary N) is 1. The first kappa shape index (κ1) is 16.5. The fourth-order valence-electron chi connectivity index (χ4n) is 3.56. The summed E-state index contributed by atoms with van der Waals surface area (Å²) in [4.78, 5) is 2.67. The van der Waals surface area contributed by atoms with Crippen molar-refractivity contribution in [3.05, 3.63) is 17.5 Å². The highest BCUT2D eigenvalue weighted by atomic mass is 15.3. The molecule has 0 saturated carbocycles. The Morgan fingerprint density at radius 2 is 2.00 bits per heavy atom. The summed E-state index contributed by atoms with van der Waals surface area (Å²) < 4.78 is 2.16. The van der Waals surface area contributed by atoms with Gasteiger partial charge in [-0.2, -0.15) is 5.10 Å². The summed E-state index contributed by atoms with van der Waals surface area (Å²) in [6.07, 6.45) is 3.60. The van der Waals surface area contributed by atoms with Crippen LogP contribution in [0.1, 0.15) is 58.3 Å². The number of piperazine rings is 1. The minimum Gasteiger partial charge on any atom is -0.308 e. The fourth-order valence-corrected chi connectivity index (χ4v) is 3.56. The molecule has 0 bridgehead atoms. The predicted octanol–water partition coefficient (Wildman–Crippen LogP) is 2.95. The highest BCUT2D eigenvalue weighted by Crippen LogP contribution is 2.25. The Morgan fingerprint density at radius 1 is 1.29 bits per heavy atom. The number of hydrogen-bond donors (Lipinski definition) is 1. The molecule has 0 aliphatic carbocycles. The molecule has 1 N–H and O–H groups in total. The van der Waals surface area contributed by atoms with E-state index in [0.717, 1.165) is 31.9 Å². The summed E-state index contributed by atoms with van der Waals surface area (Å²) in [5, 5.41) is 8.41. The number of rotatable bonds is 6. The molecule has 2 rings (SSSR count). The van der Waals surface area contributed by atoms with Crippen molar-refractivity contribution in [2.45, 2.75) is 78.6 Å². The van der Waals surface area contributed by atoms with Crippen LogP contribution in [0.3, 0.4) is 0 Å². The Morgan fingerprint density at radius 3 is 2.57 bits per heavy atom. The van der Waals surface area contributed by atoms with Gasteiger partial charge in [0.1, 0.15) is 0 Å². The first-order valence-electron chi connectivity index (χ1n) is 8.59. The van der Waals surface area contributed by atoms with Gasteiger partial charge in [0.2, 0.25) is 0 Å². The topological polar surface area (TPSA) is 33.1 Å². The van der Waals surface area contributed by atoms with Crippen LogP contribution in [-0.4, -0.2) is 39.4 Å². The van der Waals surface area contributed by atoms with Gasteiger partial charge < -0.3 is 5.32 Å². The second-order valence-electron chi connectivity index (χ2n) is 6.43. The molecule has 1 fully saturated rings. The van der Waals surface area contributed by atoms with Gasteiger partial charge in [0.15, 0.2) is 0 Å². The molecule has 1 aromatic rings. The van der Waals surface area contributed by atoms with Crippen LogP contribution in [0.25, 0.3) is 0 Å². The van der Waals surface area contributed by atoms with Crippen LogP contribution in [0.5, 0.6) is 0 Å². The van der Waals surface area contributed by atoms with E-state index in [0.29, 0.717) is 6.04 Å². The SMILES string of the molecule is CCC1CNC(CC)(CC)CN1Cc1cc(C)nn1CC. The van der Waals surface area contributed by atoms with E-state index in [1.54, 1.807) is 0 Å². The molecule has 120 valence electrons. The first-order valence-corrected chi connectivity index (χ1v) is 8.59. The third kappa shape index (κ3) is 3.49. The molecule has 4 heteroatoms. The second kappa shape index (κ2) is 6.93. The molecule has 4 nitrogen and oxygen atoms in total. The van der Waals surface area contributed by atoms with E-state index in [1.165, 1.54) is 25.0 Å². The summed E-state index contributed by atoms with van der Waals surface area (Å²) in [5.41, 5.74) is 2.78. The molecule has 1 aliphatic heterocycles. The average molecular weight is 292 g/mol. The van der Waals surface area contributed by atoms with Crippen molar-refractivity contribution in [3.63, 3.8) is 0 Å². The van der Waals surface area contributed by atoms with Crippen LogP contribution in [-0.2, 0) is 13.1 Å². The van der Waals surface area contributed by atoms with Gasteiger partial charge in [-0.1, -0.05) is 20.8 Å². The van der Waals surface area contributed by atoms with Gasteiger partial charge >= 0.3 is 0 Å². The van der Waals surface area contributed by atoms with Crippen molar-refractivity contribution in [2.75, 3.05) is 13.1 Å². The lowest BCUT2D eigenvalue weighted by Gasteiger charge is -2.47. The summed E-state index contributed by atoms with van der Waals surface area (Å²) in [7, 11) is 0. The van der Waals surface area contributed by atoms with Crippen LogP contribution in [0.4, 0.5) is 0 Å². The van der Waals surface area contributed by atoms with Gasteiger partial charge in [-0.3, -0.25) is 9.58 Å². The van der Waals surface area contributed by atoms with Gasteiger partial charge in [-0.25, -0.2) is 0 Å². The molecule has 0 radical (unpaired) electrons. The van der Waals surface area contributed by atoms with E-state index in [2.05, 4.69) is 60.7 Å². The summed E-state index contributed by atoms with van der Waals surface area (Å²) in [6, 6.07) is 2.88. The number of aromatic nitrogens is 2. The summed E-state index contributed by atoms with van der Waals surface area (Å²) in [5.74, 6) is 0. The number of aryl methyl sites for hydroxylation is 2. The Kier molecular flexibility index (Phi) is 5.44. The molecule has 1 saturated heterocycles. The zero-order valence-electron chi connectivity index (χ0n) is 14.4. The number of hydrogen-bond acceptors (Lipinski definition) is 3. The highest BCUT2D eigenvalue weighted by molar-refractivity contribution is 5.10. The third-order valence-electron chi connectivity index (χ3n) is 5.21. The monoisotopic (exact) mass is 292 g/mol. The Balaban J connectivity index is 2.17. The molecule has 21 heavy (non-hydrogen) atoms. The van der Waals surface area contributed by atoms with Crippen LogP contribution in [0.15, 0.2) is 6.07 Å². The minimum absolute atomic E-state index is 0.289. The van der Waals surface area contributed by atoms with E-state index >= 15 is 0 Å². The molecule has 0 spiro atoms. The van der Waals surface area contributed by atoms with E-state index in [1.807, 2.05) is 0 Å². The Hall–Kier alpha value is -0.870. The van der Waals surface area contributed by atoms with Crippen LogP contribution >= 0.6 is 0 Å². The summed E-state index contributed by atoms with van der Waals surface area (Å²) in [6.45, 7) is 15.4. The second-order valence-corrected chi connectivity index (χ2v) is 6.43. The average Bonchev–Trinajstić information content (AvgIpc) is 2.86. The fraction of sp³-hybridized carbons (Fsp3) is 0.824. The molecular formula is C17H32N4. The minimum atomic E-state index is 0.289. The van der Waals surface area contributed by atoms with E-state index in [9.17, 15) is 0 Å². The van der Waals surface area contributed by atoms with Crippen molar-refractivity contribution < 1.29 is 0 Å². The van der Waals surface area contributed by atoms with Crippen LogP contribution < -0.4 is 5.32 Å². The molecule has 1 aliphatic rings. The maximum absolute atomic E-state index is 4.60. The van der Waals surface area contributed by atoms with Crippen molar-refractivity contribution in [1.82, 2.24) is 20.0 Å². The zero-order chi connectivity index (χ0) is 15.5. The normalized spacial score (nSPS) is 22.6. The van der Waals surface area contributed by atoms with E-state index in [-0.39, 0.29) is 5.54 Å². The lowest BCUT2D eigenvalue weighted by molar-refractivity contribution is 0.0622. The van der Waals surface area contributed by atoms with Crippen molar-refractivity contribution in [3.8, 4) is 0 Å². The predicted molar refractivity (Wildman–Crippen MR) is 88.4 cm³/mol. The lowest BCUT2D eigenvalue weighted by atomic mass is 9.88. The highest BCUT2D eigenvalue weighted by Gasteiger charge is 2.36. The molecule has 1 aromatic heterocycles. The molecule has 1 unspecified atom stereocenters. The van der Waals surface area contributed by atoms with Crippen molar-refractivity contribution in [2.24, 2.45) is 0 Å². The van der Waals surface area contributed by atoms with Gasteiger partial charge in [-0.05, 0) is 39.2 Å². The molecular weight excluding hydrogens is 260 g/mol. The van der Waals surface area contributed by atoms with Gasteiger partial charge in [0.05, 0.1) is 11.4 Å². The number of nitrogens with zero attached hydrogens (tertiary/aromatic N) is 3. The molecule has 2 heterocycles. The van der Waals surface area contributed by atoms with Gasteiger partial charge in [0, 0.05) is 37.8 Å². The molecule has 0 amide bonds. The van der Waals surface area contributed by atoms with Gasteiger partial charge in [-0.15, -0.1) is 0 Å². The third-order valence-corrected chi connectivity index (χ3v) is 5.21. The molecule has 0 aromatic carbocycles. The lowest BCUT2D eigenvalue weighted by Crippen LogP contribution is -2.63. The largest absolute Gasteiger partial charge is 0.308 e.